The molecule has 19 nitrogen and oxygen atoms in total. The molecule has 1 aliphatic heterocycles. The van der Waals surface area contributed by atoms with Gasteiger partial charge in [0.05, 0.1) is 55.9 Å². The molecule has 0 fully saturated rings. The minimum atomic E-state index is -0.839. The predicted octanol–water partition coefficient (Wildman–Crippen LogP) is 8.14. The van der Waals surface area contributed by atoms with Crippen LogP contribution in [0.4, 0.5) is 79.6 Å². The van der Waals surface area contributed by atoms with Crippen molar-refractivity contribution >= 4 is 85.6 Å². The van der Waals surface area contributed by atoms with Crippen molar-refractivity contribution in [1.29, 1.82) is 0 Å². The van der Waals surface area contributed by atoms with E-state index < -0.39 is 48.4 Å². The van der Waals surface area contributed by atoms with E-state index in [1.165, 1.54) is 24.3 Å². The van der Waals surface area contributed by atoms with Gasteiger partial charge in [-0.3, -0.25) is 40.5 Å². The molecule has 6 rings (SSSR count). The fourth-order valence-electron chi connectivity index (χ4n) is 5.29. The van der Waals surface area contributed by atoms with Gasteiger partial charge in [0.2, 0.25) is 0 Å². The third kappa shape index (κ3) is 6.92. The van der Waals surface area contributed by atoms with Crippen molar-refractivity contribution in [2.24, 2.45) is 0 Å². The number of nitrogens with one attached hydrogen (secondary N) is 5. The molecule has 51 heavy (non-hydrogen) atoms. The Morgan fingerprint density at radius 3 is 1.49 bits per heavy atom. The smallest absolute Gasteiger partial charge is 0.337 e. The molecule has 0 atom stereocenters. The zero-order valence-corrected chi connectivity index (χ0v) is 26.0. The van der Waals surface area contributed by atoms with Crippen LogP contribution in [0, 0.1) is 40.5 Å². The van der Waals surface area contributed by atoms with Crippen molar-refractivity contribution < 1.29 is 29.2 Å². The fraction of sp³-hybridized carbons (Fsp3) is 0.0312. The Labute approximate surface area is 285 Å². The zero-order chi connectivity index (χ0) is 36.4. The number of benzene rings is 5. The Bertz CT molecular complexity index is 2280. The highest BCUT2D eigenvalue weighted by atomic mass is 16.6. The monoisotopic (exact) mass is 693 g/mol. The Morgan fingerprint density at radius 2 is 1.02 bits per heavy atom. The summed E-state index contributed by atoms with van der Waals surface area (Å²) in [6, 6.07) is 21.2. The molecule has 1 heterocycles. The predicted molar refractivity (Wildman–Crippen MR) is 187 cm³/mol. The van der Waals surface area contributed by atoms with Crippen molar-refractivity contribution in [3.63, 3.8) is 0 Å². The summed E-state index contributed by atoms with van der Waals surface area (Å²) in [5.41, 5.74) is -2.03. The van der Waals surface area contributed by atoms with Crippen LogP contribution in [-0.2, 0) is 4.74 Å². The number of methoxy groups -OCH3 is 1. The first-order chi connectivity index (χ1) is 24.4. The van der Waals surface area contributed by atoms with Crippen LogP contribution in [-0.4, -0.2) is 32.8 Å². The van der Waals surface area contributed by atoms with Gasteiger partial charge in [-0.05, 0) is 60.7 Å². The lowest BCUT2D eigenvalue weighted by Crippen LogP contribution is -2.07. The molecule has 0 spiro atoms. The van der Waals surface area contributed by atoms with Gasteiger partial charge in [0.25, 0.3) is 22.7 Å². The van der Waals surface area contributed by atoms with Gasteiger partial charge in [-0.25, -0.2) is 4.79 Å². The Hall–Kier alpha value is -7.83. The molecule has 0 unspecified atom stereocenters. The van der Waals surface area contributed by atoms with E-state index in [1.807, 2.05) is 0 Å². The summed E-state index contributed by atoms with van der Waals surface area (Å²) in [6.07, 6.45) is 0. The molecule has 0 aromatic heterocycles. The summed E-state index contributed by atoms with van der Waals surface area (Å²) in [5, 5.41) is 63.4. The minimum Gasteiger partial charge on any atom is -0.465 e. The van der Waals surface area contributed by atoms with Crippen LogP contribution in [0.25, 0.3) is 0 Å². The maximum atomic E-state index is 12.6. The lowest BCUT2D eigenvalue weighted by Gasteiger charge is -2.19. The highest BCUT2D eigenvalue weighted by Gasteiger charge is 2.28. The third-order valence-electron chi connectivity index (χ3n) is 7.55. The van der Waals surface area contributed by atoms with E-state index in [0.717, 1.165) is 31.4 Å². The zero-order valence-electron chi connectivity index (χ0n) is 26.0. The van der Waals surface area contributed by atoms with E-state index in [1.54, 1.807) is 42.5 Å². The first-order valence-corrected chi connectivity index (χ1v) is 14.6. The van der Waals surface area contributed by atoms with Gasteiger partial charge in [-0.2, -0.15) is 0 Å². The molecule has 0 saturated carbocycles. The second-order valence-corrected chi connectivity index (χ2v) is 10.8. The summed E-state index contributed by atoms with van der Waals surface area (Å²) >= 11 is 0. The highest BCUT2D eigenvalue weighted by molar-refractivity contribution is 5.94. The van der Waals surface area contributed by atoms with E-state index in [2.05, 4.69) is 26.6 Å². The van der Waals surface area contributed by atoms with Gasteiger partial charge in [-0.1, -0.05) is 18.2 Å². The Kier molecular flexibility index (Phi) is 8.66. The summed E-state index contributed by atoms with van der Waals surface area (Å²) in [6.45, 7) is 0. The first-order valence-electron chi connectivity index (χ1n) is 14.6. The number of carbonyl (C=O) groups excluding carboxylic acids is 1. The van der Waals surface area contributed by atoms with Gasteiger partial charge < -0.3 is 31.3 Å². The molecular weight excluding hydrogens is 670 g/mol. The molecule has 1 aliphatic rings. The molecule has 0 radical (unpaired) electrons. The summed E-state index contributed by atoms with van der Waals surface area (Å²) in [4.78, 5) is 58.1. The summed E-state index contributed by atoms with van der Waals surface area (Å²) < 4.78 is 4.84. The molecule has 0 aliphatic carbocycles. The van der Waals surface area contributed by atoms with Gasteiger partial charge in [0, 0.05) is 22.7 Å². The largest absolute Gasteiger partial charge is 0.465 e. The molecule has 256 valence electrons. The van der Waals surface area contributed by atoms with Crippen LogP contribution in [0.3, 0.4) is 0 Å². The van der Waals surface area contributed by atoms with Gasteiger partial charge in [-0.15, -0.1) is 0 Å². The maximum Gasteiger partial charge on any atom is 0.337 e. The molecule has 0 saturated heterocycles. The molecule has 0 amide bonds. The molecule has 8 bridgehead atoms. The number of rotatable bonds is 7. The number of nitro benzene ring substituents is 4. The van der Waals surface area contributed by atoms with Gasteiger partial charge in [0.1, 0.15) is 22.7 Å². The van der Waals surface area contributed by atoms with Crippen LogP contribution >= 0.6 is 0 Å². The van der Waals surface area contributed by atoms with E-state index in [-0.39, 0.29) is 51.1 Å². The number of hydrogen-bond acceptors (Lipinski definition) is 15. The lowest BCUT2D eigenvalue weighted by molar-refractivity contribution is -0.393. The number of para-hydroxylation sites is 1. The van der Waals surface area contributed by atoms with E-state index in [9.17, 15) is 45.3 Å². The second-order valence-electron chi connectivity index (χ2n) is 10.8. The maximum absolute atomic E-state index is 12.6. The normalized spacial score (nSPS) is 11.4. The standard InChI is InChI=1S/C32H23N9O10/c1-51-32(42)17-9-20-11-21(10-17)36-26-14-27(31(41(49)50)16-30(26)40(47)48)37-23-12-19(7-8-22(23)33-18-5-3-2-4-6-18)34-24-13-25(35-20)29(39(45)46)15-28(24)38(43)44/h2-16,33-37H,1H3. The Balaban J connectivity index is 1.64. The number of anilines is 10. The lowest BCUT2D eigenvalue weighted by atomic mass is 10.1. The first kappa shape index (κ1) is 33.1. The van der Waals surface area contributed by atoms with Crippen LogP contribution in [0.5, 0.6) is 0 Å². The van der Waals surface area contributed by atoms with Crippen LogP contribution in [0.1, 0.15) is 10.4 Å². The SMILES string of the molecule is COC(=O)c1cc2cc(c1)Nc1cc(c([N+](=O)[O-])cc1[N+](=O)[O-])Nc1cc(ccc1Nc1ccccc1)Nc1cc(c([N+](=O)[O-])cc1[N+](=O)[O-])N2. The molecule has 5 N–H and O–H groups in total. The Morgan fingerprint density at radius 1 is 0.549 bits per heavy atom. The number of fused-ring (bicyclic) bond motifs is 8. The fourth-order valence-corrected chi connectivity index (χ4v) is 5.29. The van der Waals surface area contributed by atoms with Gasteiger partial charge in [0.15, 0.2) is 0 Å². The number of ether oxygens (including phenoxy) is 1. The quantitative estimate of drug-likeness (QED) is 0.0600. The molecule has 5 aromatic rings. The van der Waals surface area contributed by atoms with Crippen molar-refractivity contribution in [3.8, 4) is 0 Å². The highest BCUT2D eigenvalue weighted by Crippen LogP contribution is 2.44. The molecule has 19 heteroatoms. The van der Waals surface area contributed by atoms with Crippen LogP contribution in [0.15, 0.2) is 91.0 Å². The van der Waals surface area contributed by atoms with E-state index in [0.29, 0.717) is 11.4 Å². The van der Waals surface area contributed by atoms with Crippen molar-refractivity contribution in [2.45, 2.75) is 0 Å². The third-order valence-corrected chi connectivity index (χ3v) is 7.55. The topological polar surface area (TPSA) is 259 Å². The average molecular weight is 694 g/mol. The van der Waals surface area contributed by atoms with Crippen molar-refractivity contribution in [3.05, 3.63) is 137 Å². The molecular formula is C32H23N9O10. The second kappa shape index (κ2) is 13.4. The van der Waals surface area contributed by atoms with Crippen molar-refractivity contribution in [2.75, 3.05) is 33.7 Å². The number of nitrogens with zero attached hydrogens (tertiary/aromatic N) is 4. The van der Waals surface area contributed by atoms with E-state index in [4.69, 9.17) is 4.74 Å². The van der Waals surface area contributed by atoms with Gasteiger partial charge >= 0.3 is 5.97 Å². The average Bonchev–Trinajstić information content (AvgIpc) is 3.08. The molecule has 5 aromatic carbocycles. The number of hydrogen-bond donors (Lipinski definition) is 5. The number of esters is 1. The van der Waals surface area contributed by atoms with Crippen LogP contribution in [0.2, 0.25) is 0 Å². The number of nitro groups is 4. The van der Waals surface area contributed by atoms with E-state index >= 15 is 0 Å². The number of carbonyl (C=O) groups is 1. The van der Waals surface area contributed by atoms with Crippen LogP contribution < -0.4 is 26.6 Å². The summed E-state index contributed by atoms with van der Waals surface area (Å²) in [5.74, 6) is -0.839. The minimum absolute atomic E-state index is 0.0340. The van der Waals surface area contributed by atoms with Crippen molar-refractivity contribution in [1.82, 2.24) is 0 Å². The summed E-state index contributed by atoms with van der Waals surface area (Å²) in [7, 11) is 1.11.